The molecule has 1 N–H and O–H groups in total. The highest BCUT2D eigenvalue weighted by molar-refractivity contribution is 5.83. The molecule has 0 aliphatic heterocycles. The summed E-state index contributed by atoms with van der Waals surface area (Å²) in [5, 5.41) is 18.1. The molecular weight excluding hydrogens is 383 g/mol. The van der Waals surface area contributed by atoms with Gasteiger partial charge < -0.3 is 0 Å². The number of rotatable bonds is 4. The van der Waals surface area contributed by atoms with E-state index in [2.05, 4.69) is 25.7 Å². The van der Waals surface area contributed by atoms with Crippen molar-refractivity contribution in [2.45, 2.75) is 19.1 Å². The van der Waals surface area contributed by atoms with E-state index in [-0.39, 0.29) is 24.0 Å². The van der Waals surface area contributed by atoms with E-state index in [1.165, 1.54) is 16.8 Å². The monoisotopic (exact) mass is 394 g/mol. The summed E-state index contributed by atoms with van der Waals surface area (Å²) in [6.07, 6.45) is -4.42. The number of H-pyrrole nitrogens is 1. The first-order chi connectivity index (χ1) is 13.3. The first-order valence-electron chi connectivity index (χ1n) is 8.04. The smallest absolute Gasteiger partial charge is 0.260 e. The van der Waals surface area contributed by atoms with Crippen molar-refractivity contribution in [2.24, 2.45) is 0 Å². The fraction of sp³-hybridized carbons (Fsp3) is 0.176. The van der Waals surface area contributed by atoms with Gasteiger partial charge in [-0.15, -0.1) is 10.2 Å². The SMILES string of the molecule is Fc1ccc(Cn2nc(Cc3nn[nH]n3)c3ccc(C(F)(F)F)cc32)c(F)c1. The quantitative estimate of drug-likeness (QED) is 0.538. The molecule has 0 fully saturated rings. The Hall–Kier alpha value is -3.37. The third kappa shape index (κ3) is 3.42. The van der Waals surface area contributed by atoms with Gasteiger partial charge in [0, 0.05) is 17.0 Å². The fourth-order valence-electron chi connectivity index (χ4n) is 2.89. The second-order valence-corrected chi connectivity index (χ2v) is 6.07. The maximum absolute atomic E-state index is 14.0. The Labute approximate surface area is 154 Å². The molecule has 4 aromatic rings. The summed E-state index contributed by atoms with van der Waals surface area (Å²) >= 11 is 0. The van der Waals surface area contributed by atoms with E-state index in [1.807, 2.05) is 0 Å². The number of alkyl halides is 3. The summed E-state index contributed by atoms with van der Waals surface area (Å²) in [6.45, 7) is -0.170. The van der Waals surface area contributed by atoms with Gasteiger partial charge in [-0.05, 0) is 18.2 Å². The van der Waals surface area contributed by atoms with Crippen LogP contribution in [0.4, 0.5) is 22.0 Å². The average Bonchev–Trinajstić information content (AvgIpc) is 3.25. The predicted octanol–water partition coefficient (Wildman–Crippen LogP) is 3.49. The first kappa shape index (κ1) is 18.0. The second-order valence-electron chi connectivity index (χ2n) is 6.07. The summed E-state index contributed by atoms with van der Waals surface area (Å²) in [5.74, 6) is -1.25. The summed E-state index contributed by atoms with van der Waals surface area (Å²) in [6, 6.07) is 6.21. The van der Waals surface area contributed by atoms with Crippen LogP contribution < -0.4 is 0 Å². The zero-order valence-electron chi connectivity index (χ0n) is 14.0. The number of hydrogen-bond donors (Lipinski definition) is 1. The van der Waals surface area contributed by atoms with Crippen LogP contribution in [-0.2, 0) is 19.1 Å². The Bertz CT molecular complexity index is 1130. The van der Waals surface area contributed by atoms with Crippen molar-refractivity contribution in [1.29, 1.82) is 0 Å². The molecule has 0 spiro atoms. The standard InChI is InChI=1S/C17H11F5N6/c18-11-3-1-9(13(19)6-11)8-28-15-5-10(17(20,21)22)2-4-12(15)14(25-28)7-16-23-26-27-24-16/h1-6H,7-8H2,(H,23,24,26,27). The van der Waals surface area contributed by atoms with E-state index in [0.29, 0.717) is 23.0 Å². The molecule has 0 unspecified atom stereocenters. The minimum absolute atomic E-state index is 0.0920. The largest absolute Gasteiger partial charge is 0.416 e. The molecule has 0 radical (unpaired) electrons. The summed E-state index contributed by atoms with van der Waals surface area (Å²) < 4.78 is 67.8. The first-order valence-corrected chi connectivity index (χ1v) is 8.04. The van der Waals surface area contributed by atoms with Crippen molar-refractivity contribution in [3.8, 4) is 0 Å². The van der Waals surface area contributed by atoms with Crippen LogP contribution in [0.3, 0.4) is 0 Å². The minimum Gasteiger partial charge on any atom is -0.260 e. The normalized spacial score (nSPS) is 12.0. The minimum atomic E-state index is -4.54. The Kier molecular flexibility index (Phi) is 4.28. The maximum Gasteiger partial charge on any atom is 0.416 e. The van der Waals surface area contributed by atoms with Crippen LogP contribution in [0.1, 0.15) is 22.6 Å². The van der Waals surface area contributed by atoms with Crippen molar-refractivity contribution in [2.75, 3.05) is 0 Å². The summed E-state index contributed by atoms with van der Waals surface area (Å²) in [7, 11) is 0. The van der Waals surface area contributed by atoms with Gasteiger partial charge in [0.05, 0.1) is 29.7 Å². The van der Waals surface area contributed by atoms with Gasteiger partial charge in [-0.3, -0.25) is 4.68 Å². The Balaban J connectivity index is 1.82. The molecule has 0 saturated heterocycles. The van der Waals surface area contributed by atoms with Gasteiger partial charge in [-0.1, -0.05) is 17.3 Å². The summed E-state index contributed by atoms with van der Waals surface area (Å²) in [4.78, 5) is 0. The molecule has 0 aliphatic carbocycles. The van der Waals surface area contributed by atoms with E-state index < -0.39 is 23.4 Å². The molecule has 0 bridgehead atoms. The number of fused-ring (bicyclic) bond motifs is 1. The third-order valence-electron chi connectivity index (χ3n) is 4.21. The number of nitrogens with zero attached hydrogens (tertiary/aromatic N) is 5. The number of halogens is 5. The molecule has 0 atom stereocenters. The van der Waals surface area contributed by atoms with Crippen LogP contribution >= 0.6 is 0 Å². The average molecular weight is 394 g/mol. The third-order valence-corrected chi connectivity index (χ3v) is 4.21. The van der Waals surface area contributed by atoms with E-state index >= 15 is 0 Å². The maximum atomic E-state index is 14.0. The zero-order chi connectivity index (χ0) is 19.9. The predicted molar refractivity (Wildman–Crippen MR) is 87.2 cm³/mol. The number of benzene rings is 2. The van der Waals surface area contributed by atoms with Crippen molar-refractivity contribution in [3.05, 3.63) is 70.7 Å². The lowest BCUT2D eigenvalue weighted by Gasteiger charge is -2.09. The van der Waals surface area contributed by atoms with Crippen molar-refractivity contribution in [1.82, 2.24) is 30.4 Å². The second kappa shape index (κ2) is 6.66. The van der Waals surface area contributed by atoms with Crippen LogP contribution in [0.2, 0.25) is 0 Å². The Morgan fingerprint density at radius 1 is 1.04 bits per heavy atom. The Morgan fingerprint density at radius 2 is 1.86 bits per heavy atom. The van der Waals surface area contributed by atoms with Gasteiger partial charge in [-0.25, -0.2) is 8.78 Å². The molecule has 11 heteroatoms. The topological polar surface area (TPSA) is 72.3 Å². The molecule has 0 saturated carbocycles. The highest BCUT2D eigenvalue weighted by Gasteiger charge is 2.31. The van der Waals surface area contributed by atoms with Gasteiger partial charge in [0.25, 0.3) is 0 Å². The van der Waals surface area contributed by atoms with E-state index in [1.54, 1.807) is 0 Å². The molecule has 4 rings (SSSR count). The zero-order valence-corrected chi connectivity index (χ0v) is 14.0. The number of tetrazole rings is 1. The number of aromatic nitrogens is 6. The lowest BCUT2D eigenvalue weighted by molar-refractivity contribution is -0.137. The van der Waals surface area contributed by atoms with Crippen LogP contribution in [0.15, 0.2) is 36.4 Å². The van der Waals surface area contributed by atoms with Crippen LogP contribution in [0.25, 0.3) is 10.9 Å². The van der Waals surface area contributed by atoms with Crippen molar-refractivity contribution in [3.63, 3.8) is 0 Å². The molecule has 2 aromatic heterocycles. The van der Waals surface area contributed by atoms with Gasteiger partial charge in [0.2, 0.25) is 0 Å². The molecule has 0 aliphatic rings. The fourth-order valence-corrected chi connectivity index (χ4v) is 2.89. The van der Waals surface area contributed by atoms with E-state index in [4.69, 9.17) is 0 Å². The van der Waals surface area contributed by atoms with Crippen molar-refractivity contribution < 1.29 is 22.0 Å². The molecule has 2 aromatic carbocycles. The van der Waals surface area contributed by atoms with Gasteiger partial charge in [-0.2, -0.15) is 23.5 Å². The molecular formula is C17H11F5N6. The summed E-state index contributed by atoms with van der Waals surface area (Å²) in [5.41, 5.74) is -0.189. The van der Waals surface area contributed by atoms with E-state index in [0.717, 1.165) is 18.2 Å². The molecule has 28 heavy (non-hydrogen) atoms. The lowest BCUT2D eigenvalue weighted by Crippen LogP contribution is -2.07. The van der Waals surface area contributed by atoms with Crippen LogP contribution in [-0.4, -0.2) is 30.4 Å². The Morgan fingerprint density at radius 3 is 2.54 bits per heavy atom. The van der Waals surface area contributed by atoms with Crippen molar-refractivity contribution >= 4 is 10.9 Å². The van der Waals surface area contributed by atoms with Gasteiger partial charge in [0.15, 0.2) is 5.82 Å². The molecule has 0 amide bonds. The highest BCUT2D eigenvalue weighted by Crippen LogP contribution is 2.33. The van der Waals surface area contributed by atoms with Gasteiger partial charge in [0.1, 0.15) is 11.6 Å². The number of aromatic amines is 1. The number of hydrogen-bond acceptors (Lipinski definition) is 4. The molecule has 2 heterocycles. The molecule has 144 valence electrons. The molecule has 6 nitrogen and oxygen atoms in total. The van der Waals surface area contributed by atoms with E-state index in [9.17, 15) is 22.0 Å². The number of nitrogens with one attached hydrogen (secondary N) is 1. The van der Waals surface area contributed by atoms with Crippen LogP contribution in [0.5, 0.6) is 0 Å². The van der Waals surface area contributed by atoms with Gasteiger partial charge >= 0.3 is 6.18 Å². The highest BCUT2D eigenvalue weighted by atomic mass is 19.4. The lowest BCUT2D eigenvalue weighted by atomic mass is 10.1. The van der Waals surface area contributed by atoms with Crippen LogP contribution in [0, 0.1) is 11.6 Å².